The van der Waals surface area contributed by atoms with E-state index < -0.39 is 0 Å². The van der Waals surface area contributed by atoms with E-state index in [0.29, 0.717) is 5.41 Å². The van der Waals surface area contributed by atoms with Crippen LogP contribution in [0.1, 0.15) is 60.3 Å². The van der Waals surface area contributed by atoms with Crippen LogP contribution in [0.5, 0.6) is 0 Å². The summed E-state index contributed by atoms with van der Waals surface area (Å²) in [6.07, 6.45) is 5.52. The molecule has 1 aliphatic heterocycles. The van der Waals surface area contributed by atoms with Gasteiger partial charge in [-0.05, 0) is 49.5 Å². The highest BCUT2D eigenvalue weighted by Crippen LogP contribution is 2.43. The molecule has 19 heavy (non-hydrogen) atoms. The fraction of sp³-hybridized carbons (Fsp3) is 1.00. The van der Waals surface area contributed by atoms with E-state index in [-0.39, 0.29) is 0 Å². The zero-order valence-electron chi connectivity index (χ0n) is 13.7. The summed E-state index contributed by atoms with van der Waals surface area (Å²) in [4.78, 5) is 2.81. The van der Waals surface area contributed by atoms with E-state index in [1.807, 2.05) is 0 Å². The lowest BCUT2D eigenvalue weighted by Gasteiger charge is -2.35. The van der Waals surface area contributed by atoms with Crippen molar-refractivity contribution >= 4 is 0 Å². The lowest BCUT2D eigenvalue weighted by atomic mass is 9.91. The first-order valence-electron chi connectivity index (χ1n) is 8.35. The number of hydrogen-bond acceptors (Lipinski definition) is 2. The van der Waals surface area contributed by atoms with Crippen LogP contribution in [-0.4, -0.2) is 36.6 Å². The van der Waals surface area contributed by atoms with Crippen molar-refractivity contribution < 1.29 is 0 Å². The van der Waals surface area contributed by atoms with Gasteiger partial charge in [0.05, 0.1) is 0 Å². The fourth-order valence-corrected chi connectivity index (χ4v) is 4.36. The third-order valence-electron chi connectivity index (χ3n) is 4.98. The molecule has 0 spiro atoms. The first kappa shape index (κ1) is 15.3. The lowest BCUT2D eigenvalue weighted by Crippen LogP contribution is -2.46. The number of hydrogen-bond donors (Lipinski definition) is 1. The van der Waals surface area contributed by atoms with Gasteiger partial charge >= 0.3 is 0 Å². The summed E-state index contributed by atoms with van der Waals surface area (Å²) in [7, 11) is 0. The Morgan fingerprint density at radius 1 is 1.26 bits per heavy atom. The van der Waals surface area contributed by atoms with Crippen LogP contribution >= 0.6 is 0 Å². The molecule has 2 heteroatoms. The van der Waals surface area contributed by atoms with Gasteiger partial charge in [0.25, 0.3) is 0 Å². The Morgan fingerprint density at radius 3 is 2.47 bits per heavy atom. The highest BCUT2D eigenvalue weighted by Gasteiger charge is 2.40. The van der Waals surface area contributed by atoms with E-state index in [1.54, 1.807) is 0 Å². The van der Waals surface area contributed by atoms with Gasteiger partial charge in [-0.1, -0.05) is 34.6 Å². The predicted molar refractivity (Wildman–Crippen MR) is 83.4 cm³/mol. The van der Waals surface area contributed by atoms with E-state index in [2.05, 4.69) is 44.8 Å². The van der Waals surface area contributed by atoms with Crippen molar-refractivity contribution in [1.29, 1.82) is 0 Å². The number of nitrogens with one attached hydrogen (secondary N) is 1. The summed E-state index contributed by atoms with van der Waals surface area (Å²) >= 11 is 0. The summed E-state index contributed by atoms with van der Waals surface area (Å²) in [6.45, 7) is 15.8. The quantitative estimate of drug-likeness (QED) is 0.819. The Morgan fingerprint density at radius 2 is 2.00 bits per heavy atom. The Hall–Kier alpha value is -0.0800. The van der Waals surface area contributed by atoms with E-state index in [9.17, 15) is 0 Å². The van der Waals surface area contributed by atoms with Crippen molar-refractivity contribution in [3.05, 3.63) is 0 Å². The van der Waals surface area contributed by atoms with Gasteiger partial charge in [-0.2, -0.15) is 0 Å². The Bertz CT molecular complexity index is 279. The second-order valence-electron chi connectivity index (χ2n) is 8.26. The smallest absolute Gasteiger partial charge is 0.0195 e. The Kier molecular flexibility index (Phi) is 4.94. The molecule has 1 saturated heterocycles. The first-order chi connectivity index (χ1) is 8.87. The molecule has 0 radical (unpaired) electrons. The molecule has 2 aliphatic rings. The van der Waals surface area contributed by atoms with Crippen LogP contribution in [0.3, 0.4) is 0 Å². The van der Waals surface area contributed by atoms with Crippen molar-refractivity contribution in [2.45, 2.75) is 72.4 Å². The van der Waals surface area contributed by atoms with Crippen molar-refractivity contribution in [1.82, 2.24) is 10.2 Å². The van der Waals surface area contributed by atoms with Gasteiger partial charge in [0.15, 0.2) is 0 Å². The van der Waals surface area contributed by atoms with Gasteiger partial charge in [0.1, 0.15) is 0 Å². The summed E-state index contributed by atoms with van der Waals surface area (Å²) < 4.78 is 0. The minimum atomic E-state index is 0.544. The van der Waals surface area contributed by atoms with Gasteiger partial charge in [-0.25, -0.2) is 0 Å². The highest BCUT2D eigenvalue weighted by atomic mass is 15.2. The van der Waals surface area contributed by atoms with Crippen molar-refractivity contribution in [2.75, 3.05) is 19.6 Å². The molecule has 1 heterocycles. The molecule has 2 nitrogen and oxygen atoms in total. The Balaban J connectivity index is 1.99. The van der Waals surface area contributed by atoms with Crippen molar-refractivity contribution in [3.8, 4) is 0 Å². The average Bonchev–Trinajstić information content (AvgIpc) is 2.84. The van der Waals surface area contributed by atoms with E-state index in [1.165, 1.54) is 45.3 Å². The highest BCUT2D eigenvalue weighted by molar-refractivity contribution is 4.94. The average molecular weight is 266 g/mol. The molecular formula is C17H34N2. The predicted octanol–water partition coefficient (Wildman–Crippen LogP) is 3.52. The monoisotopic (exact) mass is 266 g/mol. The van der Waals surface area contributed by atoms with Crippen LogP contribution in [0.4, 0.5) is 0 Å². The number of rotatable bonds is 5. The van der Waals surface area contributed by atoms with Crippen LogP contribution in [0, 0.1) is 17.3 Å². The molecule has 3 unspecified atom stereocenters. The van der Waals surface area contributed by atoms with Crippen molar-refractivity contribution in [3.63, 3.8) is 0 Å². The first-order valence-corrected chi connectivity index (χ1v) is 8.35. The second-order valence-corrected chi connectivity index (χ2v) is 8.26. The van der Waals surface area contributed by atoms with Gasteiger partial charge in [0.2, 0.25) is 0 Å². The fourth-order valence-electron chi connectivity index (χ4n) is 4.36. The number of nitrogens with zero attached hydrogens (tertiary/aromatic N) is 1. The molecule has 2 fully saturated rings. The molecule has 112 valence electrons. The summed E-state index contributed by atoms with van der Waals surface area (Å²) in [6, 6.07) is 1.55. The van der Waals surface area contributed by atoms with Gasteiger partial charge in [-0.15, -0.1) is 0 Å². The van der Waals surface area contributed by atoms with Crippen LogP contribution in [0.2, 0.25) is 0 Å². The van der Waals surface area contributed by atoms with Crippen LogP contribution in [0.25, 0.3) is 0 Å². The summed E-state index contributed by atoms with van der Waals surface area (Å²) in [5.74, 6) is 1.63. The molecule has 3 atom stereocenters. The molecule has 0 aromatic heterocycles. The van der Waals surface area contributed by atoms with Crippen molar-refractivity contribution in [2.24, 2.45) is 17.3 Å². The Labute approximate surface area is 120 Å². The summed E-state index contributed by atoms with van der Waals surface area (Å²) in [5, 5.41) is 3.68. The standard InChI is InChI=1S/C17H34N2/c1-13(2)11-19(12-15-7-6-8-18-15)16-10-17(4,5)9-14(16)3/h13-16,18H,6-12H2,1-5H3. The lowest BCUT2D eigenvalue weighted by molar-refractivity contribution is 0.132. The molecule has 1 N–H and O–H groups in total. The third-order valence-corrected chi connectivity index (χ3v) is 4.98. The molecule has 1 saturated carbocycles. The third kappa shape index (κ3) is 4.19. The molecule has 0 amide bonds. The minimum absolute atomic E-state index is 0.544. The van der Waals surface area contributed by atoms with Crippen LogP contribution in [-0.2, 0) is 0 Å². The molecular weight excluding hydrogens is 232 g/mol. The maximum Gasteiger partial charge on any atom is 0.0195 e. The van der Waals surface area contributed by atoms with Crippen LogP contribution in [0.15, 0.2) is 0 Å². The zero-order chi connectivity index (χ0) is 14.0. The SMILES string of the molecule is CC(C)CN(CC1CCCN1)C1CC(C)(C)CC1C. The van der Waals surface area contributed by atoms with Crippen LogP contribution < -0.4 is 5.32 Å². The second kappa shape index (κ2) is 6.13. The topological polar surface area (TPSA) is 15.3 Å². The maximum absolute atomic E-state index is 3.68. The maximum atomic E-state index is 3.68. The normalized spacial score (nSPS) is 34.6. The van der Waals surface area contributed by atoms with Gasteiger partial charge in [0, 0.05) is 25.2 Å². The molecule has 0 aromatic rings. The molecule has 0 aromatic carbocycles. The minimum Gasteiger partial charge on any atom is -0.313 e. The summed E-state index contributed by atoms with van der Waals surface area (Å²) in [5.41, 5.74) is 0.544. The van der Waals surface area contributed by atoms with E-state index in [4.69, 9.17) is 0 Å². The van der Waals surface area contributed by atoms with Gasteiger partial charge < -0.3 is 5.32 Å². The van der Waals surface area contributed by atoms with E-state index >= 15 is 0 Å². The molecule has 0 bridgehead atoms. The zero-order valence-corrected chi connectivity index (χ0v) is 13.7. The largest absolute Gasteiger partial charge is 0.313 e. The van der Waals surface area contributed by atoms with E-state index in [0.717, 1.165) is 23.9 Å². The molecule has 2 rings (SSSR count). The molecule has 1 aliphatic carbocycles. The van der Waals surface area contributed by atoms with Gasteiger partial charge in [-0.3, -0.25) is 4.90 Å².